The number of nitrogens with zero attached hydrogens (tertiary/aromatic N) is 2. The van der Waals surface area contributed by atoms with Crippen molar-refractivity contribution in [2.45, 2.75) is 47.0 Å². The Morgan fingerprint density at radius 2 is 1.57 bits per heavy atom. The third-order valence-electron chi connectivity index (χ3n) is 4.38. The fourth-order valence-electron chi connectivity index (χ4n) is 3.15. The first kappa shape index (κ1) is 17.4. The fraction of sp³-hybridized carbons (Fsp3) is 0.688. The normalized spacial score (nSPS) is 19.9. The van der Waals surface area contributed by atoms with Crippen LogP contribution < -0.4 is 0 Å². The fourth-order valence-corrected chi connectivity index (χ4v) is 3.15. The Labute approximate surface area is 127 Å². The number of amides is 4. The number of carbonyl (C=O) groups excluding carboxylic acids is 3. The van der Waals surface area contributed by atoms with Crippen molar-refractivity contribution >= 4 is 17.8 Å². The third kappa shape index (κ3) is 2.61. The van der Waals surface area contributed by atoms with Gasteiger partial charge in [0.25, 0.3) is 0 Å². The van der Waals surface area contributed by atoms with Gasteiger partial charge in [0.05, 0.1) is 0 Å². The average Bonchev–Trinajstić information content (AvgIpc) is 2.45. The van der Waals surface area contributed by atoms with Gasteiger partial charge < -0.3 is 0 Å². The van der Waals surface area contributed by atoms with Gasteiger partial charge in [-0.05, 0) is 32.6 Å². The van der Waals surface area contributed by atoms with Crippen LogP contribution in [0.4, 0.5) is 4.79 Å². The second-order valence-electron chi connectivity index (χ2n) is 5.54. The van der Waals surface area contributed by atoms with E-state index in [1.165, 1.54) is 9.80 Å². The highest BCUT2D eigenvalue weighted by molar-refractivity contribution is 6.19. The third-order valence-corrected chi connectivity index (χ3v) is 4.38. The predicted molar refractivity (Wildman–Crippen MR) is 81.5 cm³/mol. The summed E-state index contributed by atoms with van der Waals surface area (Å²) in [4.78, 5) is 40.4. The zero-order chi connectivity index (χ0) is 16.2. The van der Waals surface area contributed by atoms with E-state index in [0.717, 1.165) is 12.8 Å². The van der Waals surface area contributed by atoms with Crippen molar-refractivity contribution in [2.24, 2.45) is 11.3 Å². The van der Waals surface area contributed by atoms with Crippen LogP contribution in [0.15, 0.2) is 12.7 Å². The molecule has 1 unspecified atom stereocenters. The summed E-state index contributed by atoms with van der Waals surface area (Å²) >= 11 is 0. The SMILES string of the molecule is C=CCC1(C(C)CCC)C(=O)N(CC)C(=O)N(CC)C1=O. The van der Waals surface area contributed by atoms with E-state index in [4.69, 9.17) is 0 Å². The van der Waals surface area contributed by atoms with Crippen LogP contribution in [0, 0.1) is 11.3 Å². The molecular formula is C16H26N2O3. The van der Waals surface area contributed by atoms with Gasteiger partial charge in [-0.25, -0.2) is 4.79 Å². The highest BCUT2D eigenvalue weighted by Crippen LogP contribution is 2.42. The van der Waals surface area contributed by atoms with Crippen LogP contribution in [0.25, 0.3) is 0 Å². The van der Waals surface area contributed by atoms with E-state index >= 15 is 0 Å². The molecule has 0 aromatic heterocycles. The van der Waals surface area contributed by atoms with Crippen LogP contribution >= 0.6 is 0 Å². The first-order valence-electron chi connectivity index (χ1n) is 7.70. The molecule has 1 rings (SSSR count). The van der Waals surface area contributed by atoms with E-state index in [0.29, 0.717) is 0 Å². The number of hydrogen-bond donors (Lipinski definition) is 0. The molecule has 5 nitrogen and oxygen atoms in total. The van der Waals surface area contributed by atoms with E-state index in [1.807, 2.05) is 13.8 Å². The first-order chi connectivity index (χ1) is 9.92. The van der Waals surface area contributed by atoms with Crippen LogP contribution in [-0.2, 0) is 9.59 Å². The van der Waals surface area contributed by atoms with Gasteiger partial charge in [0, 0.05) is 13.1 Å². The molecular weight excluding hydrogens is 268 g/mol. The molecule has 0 radical (unpaired) electrons. The number of hydrogen-bond acceptors (Lipinski definition) is 3. The Bertz CT molecular complexity index is 419. The van der Waals surface area contributed by atoms with E-state index in [2.05, 4.69) is 6.58 Å². The van der Waals surface area contributed by atoms with Crippen LogP contribution in [-0.4, -0.2) is 40.7 Å². The van der Waals surface area contributed by atoms with Crippen LogP contribution in [0.3, 0.4) is 0 Å². The maximum Gasteiger partial charge on any atom is 0.333 e. The molecule has 0 aromatic carbocycles. The minimum atomic E-state index is -1.18. The molecule has 1 aliphatic heterocycles. The quantitative estimate of drug-likeness (QED) is 0.536. The van der Waals surface area contributed by atoms with Crippen molar-refractivity contribution in [3.05, 3.63) is 12.7 Å². The van der Waals surface area contributed by atoms with E-state index < -0.39 is 11.4 Å². The Morgan fingerprint density at radius 3 is 1.90 bits per heavy atom. The molecule has 1 aliphatic rings. The Kier molecular flexibility index (Phi) is 5.70. The molecule has 1 saturated heterocycles. The predicted octanol–water partition coefficient (Wildman–Crippen LogP) is 2.82. The summed E-state index contributed by atoms with van der Waals surface area (Å²) in [5, 5.41) is 0. The van der Waals surface area contributed by atoms with Gasteiger partial charge in [0.1, 0.15) is 5.41 Å². The number of rotatable bonds is 7. The van der Waals surface area contributed by atoms with Crippen molar-refractivity contribution in [3.63, 3.8) is 0 Å². The van der Waals surface area contributed by atoms with Crippen molar-refractivity contribution in [1.82, 2.24) is 9.80 Å². The maximum atomic E-state index is 12.9. The molecule has 0 saturated carbocycles. The van der Waals surface area contributed by atoms with Gasteiger partial charge >= 0.3 is 6.03 Å². The lowest BCUT2D eigenvalue weighted by Crippen LogP contribution is -2.66. The summed E-state index contributed by atoms with van der Waals surface area (Å²) in [5.41, 5.74) is -1.18. The van der Waals surface area contributed by atoms with Crippen molar-refractivity contribution in [1.29, 1.82) is 0 Å². The molecule has 0 spiro atoms. The number of carbonyl (C=O) groups is 3. The molecule has 0 aliphatic carbocycles. The van der Waals surface area contributed by atoms with Gasteiger partial charge in [-0.1, -0.05) is 26.3 Å². The molecule has 1 atom stereocenters. The number of imide groups is 2. The average molecular weight is 294 g/mol. The second-order valence-corrected chi connectivity index (χ2v) is 5.54. The minimum absolute atomic E-state index is 0.128. The highest BCUT2D eigenvalue weighted by atomic mass is 16.2. The summed E-state index contributed by atoms with van der Waals surface area (Å²) < 4.78 is 0. The summed E-state index contributed by atoms with van der Waals surface area (Å²) in [6.45, 7) is 11.7. The molecule has 4 amide bonds. The van der Waals surface area contributed by atoms with Gasteiger partial charge in [-0.2, -0.15) is 0 Å². The standard InChI is InChI=1S/C16H26N2O3/c1-6-10-12(5)16(11-7-2)13(19)17(8-3)15(21)18(9-4)14(16)20/h7,12H,2,6,8-11H2,1,3-5H3. The lowest BCUT2D eigenvalue weighted by atomic mass is 9.68. The Balaban J connectivity index is 3.42. The van der Waals surface area contributed by atoms with E-state index in [1.54, 1.807) is 19.9 Å². The minimum Gasteiger partial charge on any atom is -0.273 e. The lowest BCUT2D eigenvalue weighted by Gasteiger charge is -2.46. The van der Waals surface area contributed by atoms with Crippen LogP contribution in [0.5, 0.6) is 0 Å². The largest absolute Gasteiger partial charge is 0.333 e. The zero-order valence-electron chi connectivity index (χ0n) is 13.5. The molecule has 0 aromatic rings. The smallest absolute Gasteiger partial charge is 0.273 e. The maximum absolute atomic E-state index is 12.9. The summed E-state index contributed by atoms with van der Waals surface area (Å²) in [6, 6.07) is -0.501. The van der Waals surface area contributed by atoms with E-state index in [-0.39, 0.29) is 37.2 Å². The number of urea groups is 1. The molecule has 1 heterocycles. The van der Waals surface area contributed by atoms with Crippen molar-refractivity contribution < 1.29 is 14.4 Å². The Morgan fingerprint density at radius 1 is 1.10 bits per heavy atom. The van der Waals surface area contributed by atoms with Crippen LogP contribution in [0.2, 0.25) is 0 Å². The summed E-state index contributed by atoms with van der Waals surface area (Å²) in [5.74, 6) is -0.868. The molecule has 0 N–H and O–H groups in total. The van der Waals surface area contributed by atoms with Crippen molar-refractivity contribution in [2.75, 3.05) is 13.1 Å². The lowest BCUT2D eigenvalue weighted by molar-refractivity contribution is -0.162. The highest BCUT2D eigenvalue weighted by Gasteiger charge is 2.58. The van der Waals surface area contributed by atoms with Gasteiger partial charge in [-0.3, -0.25) is 19.4 Å². The van der Waals surface area contributed by atoms with Gasteiger partial charge in [0.2, 0.25) is 11.8 Å². The summed E-state index contributed by atoms with van der Waals surface area (Å²) in [7, 11) is 0. The van der Waals surface area contributed by atoms with Gasteiger partial charge in [0.15, 0.2) is 0 Å². The first-order valence-corrected chi connectivity index (χ1v) is 7.70. The number of allylic oxidation sites excluding steroid dienone is 1. The molecule has 1 fully saturated rings. The molecule has 118 valence electrons. The monoisotopic (exact) mass is 294 g/mol. The van der Waals surface area contributed by atoms with Crippen molar-refractivity contribution in [3.8, 4) is 0 Å². The topological polar surface area (TPSA) is 57.7 Å². The summed E-state index contributed by atoms with van der Waals surface area (Å²) in [6.07, 6.45) is 3.52. The van der Waals surface area contributed by atoms with E-state index in [9.17, 15) is 14.4 Å². The number of barbiturate groups is 1. The molecule has 0 bridgehead atoms. The molecule has 5 heteroatoms. The molecule has 21 heavy (non-hydrogen) atoms. The van der Waals surface area contributed by atoms with Gasteiger partial charge in [-0.15, -0.1) is 6.58 Å². The second kappa shape index (κ2) is 6.87. The zero-order valence-corrected chi connectivity index (χ0v) is 13.5. The van der Waals surface area contributed by atoms with Crippen LogP contribution in [0.1, 0.15) is 47.0 Å². The Hall–Kier alpha value is -1.65.